The van der Waals surface area contributed by atoms with Gasteiger partial charge in [-0.15, -0.1) is 0 Å². The van der Waals surface area contributed by atoms with Crippen LogP contribution in [-0.4, -0.2) is 63.0 Å². The zero-order valence-electron chi connectivity index (χ0n) is 14.0. The highest BCUT2D eigenvalue weighted by atomic mass is 35.5. The Morgan fingerprint density at radius 1 is 1.36 bits per heavy atom. The van der Waals surface area contributed by atoms with Gasteiger partial charge in [-0.25, -0.2) is 13.2 Å². The van der Waals surface area contributed by atoms with Crippen LogP contribution in [0.2, 0.25) is 5.02 Å². The molecule has 7 nitrogen and oxygen atoms in total. The summed E-state index contributed by atoms with van der Waals surface area (Å²) in [5.41, 5.74) is 0.120. The van der Waals surface area contributed by atoms with Crippen molar-refractivity contribution >= 4 is 33.3 Å². The fraction of sp³-hybridized carbons (Fsp3) is 0.500. The SMILES string of the molecule is CCN(C(=O)COC(=O)c1cc(Cl)ccc1OC)C1CCS(=O)(=O)C1. The lowest BCUT2D eigenvalue weighted by Gasteiger charge is -2.26. The van der Waals surface area contributed by atoms with Crippen molar-refractivity contribution in [3.63, 3.8) is 0 Å². The molecule has 2 rings (SSSR count). The molecule has 0 aromatic heterocycles. The van der Waals surface area contributed by atoms with E-state index in [9.17, 15) is 18.0 Å². The van der Waals surface area contributed by atoms with Crippen LogP contribution in [0.3, 0.4) is 0 Å². The fourth-order valence-electron chi connectivity index (χ4n) is 2.79. The Morgan fingerprint density at radius 3 is 2.64 bits per heavy atom. The first kappa shape index (κ1) is 19.5. The third-order valence-electron chi connectivity index (χ3n) is 4.02. The first-order chi connectivity index (χ1) is 11.8. The number of amides is 1. The third-order valence-corrected chi connectivity index (χ3v) is 6.00. The van der Waals surface area contributed by atoms with E-state index in [0.717, 1.165) is 0 Å². The predicted octanol–water partition coefficient (Wildman–Crippen LogP) is 1.54. The molecule has 1 aromatic carbocycles. The summed E-state index contributed by atoms with van der Waals surface area (Å²) in [6, 6.07) is 4.13. The molecule has 138 valence electrons. The van der Waals surface area contributed by atoms with E-state index < -0.39 is 28.3 Å². The van der Waals surface area contributed by atoms with Crippen LogP contribution in [-0.2, 0) is 19.4 Å². The largest absolute Gasteiger partial charge is 0.496 e. The van der Waals surface area contributed by atoms with Gasteiger partial charge in [0.05, 0.1) is 18.6 Å². The number of esters is 1. The van der Waals surface area contributed by atoms with E-state index >= 15 is 0 Å². The second kappa shape index (κ2) is 8.05. The summed E-state index contributed by atoms with van der Waals surface area (Å²) >= 11 is 5.87. The van der Waals surface area contributed by atoms with Gasteiger partial charge in [-0.05, 0) is 31.5 Å². The highest BCUT2D eigenvalue weighted by Crippen LogP contribution is 2.23. The molecule has 1 aliphatic rings. The van der Waals surface area contributed by atoms with Crippen molar-refractivity contribution in [3.05, 3.63) is 28.8 Å². The molecule has 0 saturated carbocycles. The molecular formula is C16H20ClNO6S. The van der Waals surface area contributed by atoms with E-state index in [2.05, 4.69) is 0 Å². The van der Waals surface area contributed by atoms with E-state index in [-0.39, 0.29) is 28.9 Å². The number of halogens is 1. The summed E-state index contributed by atoms with van der Waals surface area (Å²) in [4.78, 5) is 26.0. The standard InChI is InChI=1S/C16H20ClNO6S/c1-3-18(12-6-7-25(21,22)10-12)15(19)9-24-16(20)13-8-11(17)4-5-14(13)23-2/h4-5,8,12H,3,6-7,9-10H2,1-2H3. The average Bonchev–Trinajstić information content (AvgIpc) is 2.92. The molecule has 1 amide bonds. The zero-order valence-corrected chi connectivity index (χ0v) is 15.6. The van der Waals surface area contributed by atoms with Crippen molar-refractivity contribution < 1.29 is 27.5 Å². The molecule has 1 unspecified atom stereocenters. The Hall–Kier alpha value is -1.80. The van der Waals surface area contributed by atoms with E-state index in [4.69, 9.17) is 21.1 Å². The predicted molar refractivity (Wildman–Crippen MR) is 92.7 cm³/mol. The van der Waals surface area contributed by atoms with Crippen LogP contribution in [0.4, 0.5) is 0 Å². The van der Waals surface area contributed by atoms with Crippen LogP contribution in [0.5, 0.6) is 5.75 Å². The molecule has 25 heavy (non-hydrogen) atoms. The molecule has 0 spiro atoms. The zero-order chi connectivity index (χ0) is 18.6. The topological polar surface area (TPSA) is 90.0 Å². The molecule has 1 aliphatic heterocycles. The Bertz CT molecular complexity index is 764. The minimum Gasteiger partial charge on any atom is -0.496 e. The highest BCUT2D eigenvalue weighted by molar-refractivity contribution is 7.91. The van der Waals surface area contributed by atoms with Crippen LogP contribution in [0.25, 0.3) is 0 Å². The third kappa shape index (κ3) is 4.85. The molecule has 1 atom stereocenters. The molecule has 9 heteroatoms. The summed E-state index contributed by atoms with van der Waals surface area (Å²) in [6.45, 7) is 1.63. The first-order valence-corrected chi connectivity index (χ1v) is 9.98. The quantitative estimate of drug-likeness (QED) is 0.685. The fourth-order valence-corrected chi connectivity index (χ4v) is 4.69. The maximum Gasteiger partial charge on any atom is 0.342 e. The minimum absolute atomic E-state index is 0.0529. The van der Waals surface area contributed by atoms with Crippen LogP contribution < -0.4 is 4.74 Å². The van der Waals surface area contributed by atoms with Crippen LogP contribution in [0.15, 0.2) is 18.2 Å². The number of carbonyl (C=O) groups is 2. The number of ether oxygens (including phenoxy) is 2. The van der Waals surface area contributed by atoms with Crippen LogP contribution >= 0.6 is 11.6 Å². The summed E-state index contributed by atoms with van der Waals surface area (Å²) in [6.07, 6.45) is 0.401. The summed E-state index contributed by atoms with van der Waals surface area (Å²) in [7, 11) is -1.70. The number of hydrogen-bond donors (Lipinski definition) is 0. The number of sulfone groups is 1. The second-order valence-corrected chi connectivity index (χ2v) is 8.32. The maximum absolute atomic E-state index is 12.3. The molecule has 1 saturated heterocycles. The van der Waals surface area contributed by atoms with Gasteiger partial charge >= 0.3 is 5.97 Å². The molecule has 0 radical (unpaired) electrons. The Labute approximate surface area is 151 Å². The van der Waals surface area contributed by atoms with E-state index in [1.807, 2.05) is 0 Å². The van der Waals surface area contributed by atoms with E-state index in [1.165, 1.54) is 24.1 Å². The Kier molecular flexibility index (Phi) is 6.29. The summed E-state index contributed by atoms with van der Waals surface area (Å²) < 4.78 is 33.3. The first-order valence-electron chi connectivity index (χ1n) is 7.78. The van der Waals surface area contributed by atoms with Gasteiger partial charge in [0.15, 0.2) is 16.4 Å². The Morgan fingerprint density at radius 2 is 2.08 bits per heavy atom. The molecule has 1 aromatic rings. The van der Waals surface area contributed by atoms with Gasteiger partial charge in [-0.2, -0.15) is 0 Å². The number of likely N-dealkylation sites (N-methyl/N-ethyl adjacent to an activating group) is 1. The van der Waals surface area contributed by atoms with Gasteiger partial charge in [0.1, 0.15) is 11.3 Å². The average molecular weight is 390 g/mol. The van der Waals surface area contributed by atoms with Crippen molar-refractivity contribution in [3.8, 4) is 5.75 Å². The second-order valence-electron chi connectivity index (χ2n) is 5.66. The number of nitrogens with zero attached hydrogens (tertiary/aromatic N) is 1. The maximum atomic E-state index is 12.3. The number of benzene rings is 1. The van der Waals surface area contributed by atoms with Crippen LogP contribution in [0, 0.1) is 0 Å². The number of hydrogen-bond acceptors (Lipinski definition) is 6. The van der Waals surface area contributed by atoms with Crippen molar-refractivity contribution in [2.75, 3.05) is 31.8 Å². The number of carbonyl (C=O) groups excluding carboxylic acids is 2. The number of methoxy groups -OCH3 is 1. The molecule has 0 N–H and O–H groups in total. The van der Waals surface area contributed by atoms with Gasteiger partial charge in [-0.1, -0.05) is 11.6 Å². The van der Waals surface area contributed by atoms with Crippen molar-refractivity contribution in [2.24, 2.45) is 0 Å². The molecule has 0 aliphatic carbocycles. The highest BCUT2D eigenvalue weighted by Gasteiger charge is 2.34. The molecule has 1 fully saturated rings. The van der Waals surface area contributed by atoms with Gasteiger partial charge in [-0.3, -0.25) is 4.79 Å². The molecular weight excluding hydrogens is 370 g/mol. The lowest BCUT2D eigenvalue weighted by Crippen LogP contribution is -2.43. The monoisotopic (exact) mass is 389 g/mol. The van der Waals surface area contributed by atoms with Gasteiger partial charge in [0, 0.05) is 17.6 Å². The molecule has 0 bridgehead atoms. The van der Waals surface area contributed by atoms with E-state index in [0.29, 0.717) is 18.0 Å². The summed E-state index contributed by atoms with van der Waals surface area (Å²) in [5.74, 6) is -0.860. The number of rotatable bonds is 6. The van der Waals surface area contributed by atoms with Crippen molar-refractivity contribution in [1.82, 2.24) is 4.90 Å². The smallest absolute Gasteiger partial charge is 0.342 e. The van der Waals surface area contributed by atoms with Crippen molar-refractivity contribution in [1.29, 1.82) is 0 Å². The minimum atomic E-state index is -3.10. The normalized spacial score (nSPS) is 18.6. The lowest BCUT2D eigenvalue weighted by molar-refractivity contribution is -0.136. The molecule has 1 heterocycles. The van der Waals surface area contributed by atoms with Crippen LogP contribution in [0.1, 0.15) is 23.7 Å². The Balaban J connectivity index is 2.01. The van der Waals surface area contributed by atoms with Gasteiger partial charge < -0.3 is 14.4 Å². The van der Waals surface area contributed by atoms with Gasteiger partial charge in [0.2, 0.25) is 0 Å². The summed E-state index contributed by atoms with van der Waals surface area (Å²) in [5, 5.41) is 0.338. The van der Waals surface area contributed by atoms with Crippen molar-refractivity contribution in [2.45, 2.75) is 19.4 Å². The lowest BCUT2D eigenvalue weighted by atomic mass is 10.2. The van der Waals surface area contributed by atoms with Gasteiger partial charge in [0.25, 0.3) is 5.91 Å². The van der Waals surface area contributed by atoms with E-state index in [1.54, 1.807) is 13.0 Å².